The van der Waals surface area contributed by atoms with Gasteiger partial charge >= 0.3 is 6.03 Å². The van der Waals surface area contributed by atoms with Crippen LogP contribution in [-0.2, 0) is 0 Å². The van der Waals surface area contributed by atoms with E-state index in [2.05, 4.69) is 12.2 Å². The minimum atomic E-state index is -0.102. The molecule has 0 aliphatic rings. The van der Waals surface area contributed by atoms with Crippen molar-refractivity contribution < 1.29 is 9.53 Å². The van der Waals surface area contributed by atoms with Gasteiger partial charge in [-0.15, -0.1) is 0 Å². The number of rotatable bonds is 5. The van der Waals surface area contributed by atoms with Gasteiger partial charge in [0.1, 0.15) is 5.75 Å². The average molecular weight is 236 g/mol. The molecule has 1 aromatic carbocycles. The van der Waals surface area contributed by atoms with Crippen LogP contribution in [0.2, 0.25) is 0 Å². The van der Waals surface area contributed by atoms with Crippen LogP contribution in [0.5, 0.6) is 5.75 Å². The number of amides is 2. The van der Waals surface area contributed by atoms with Crippen molar-refractivity contribution in [1.82, 2.24) is 4.90 Å². The summed E-state index contributed by atoms with van der Waals surface area (Å²) in [6.07, 6.45) is 0.986. The SMILES string of the molecule is CCCOc1ccc(NC(=O)N(C)CC)cc1. The van der Waals surface area contributed by atoms with Crippen molar-refractivity contribution in [2.75, 3.05) is 25.5 Å². The first-order valence-electron chi connectivity index (χ1n) is 5.92. The molecule has 0 bridgehead atoms. The fourth-order valence-electron chi connectivity index (χ4n) is 1.22. The summed E-state index contributed by atoms with van der Waals surface area (Å²) in [6.45, 7) is 5.39. The summed E-state index contributed by atoms with van der Waals surface area (Å²) >= 11 is 0. The van der Waals surface area contributed by atoms with Crippen LogP contribution in [0.15, 0.2) is 24.3 Å². The molecule has 0 saturated heterocycles. The predicted octanol–water partition coefficient (Wildman–Crippen LogP) is 2.96. The van der Waals surface area contributed by atoms with E-state index < -0.39 is 0 Å². The van der Waals surface area contributed by atoms with Crippen LogP contribution >= 0.6 is 0 Å². The van der Waals surface area contributed by atoms with Crippen LogP contribution in [0.3, 0.4) is 0 Å². The van der Waals surface area contributed by atoms with Crippen molar-refractivity contribution in [3.8, 4) is 5.75 Å². The van der Waals surface area contributed by atoms with E-state index in [0.29, 0.717) is 13.2 Å². The molecule has 0 aromatic heterocycles. The monoisotopic (exact) mass is 236 g/mol. The Morgan fingerprint density at radius 3 is 2.47 bits per heavy atom. The molecule has 2 amide bonds. The number of urea groups is 1. The summed E-state index contributed by atoms with van der Waals surface area (Å²) in [7, 11) is 1.76. The first-order valence-corrected chi connectivity index (χ1v) is 5.92. The number of carbonyl (C=O) groups excluding carboxylic acids is 1. The quantitative estimate of drug-likeness (QED) is 0.854. The average Bonchev–Trinajstić information content (AvgIpc) is 2.37. The molecule has 17 heavy (non-hydrogen) atoms. The predicted molar refractivity (Wildman–Crippen MR) is 69.6 cm³/mol. The Morgan fingerprint density at radius 2 is 1.94 bits per heavy atom. The van der Waals surface area contributed by atoms with Crippen LogP contribution in [0, 0.1) is 0 Å². The van der Waals surface area contributed by atoms with Crippen molar-refractivity contribution in [1.29, 1.82) is 0 Å². The van der Waals surface area contributed by atoms with Crippen molar-refractivity contribution in [3.63, 3.8) is 0 Å². The molecule has 0 radical (unpaired) electrons. The molecule has 94 valence electrons. The third kappa shape index (κ3) is 4.34. The second kappa shape index (κ2) is 6.78. The topological polar surface area (TPSA) is 41.6 Å². The van der Waals surface area contributed by atoms with Crippen molar-refractivity contribution >= 4 is 11.7 Å². The Morgan fingerprint density at radius 1 is 1.29 bits per heavy atom. The highest BCUT2D eigenvalue weighted by Crippen LogP contribution is 2.16. The summed E-state index contributed by atoms with van der Waals surface area (Å²) in [5.74, 6) is 0.827. The standard InChI is InChI=1S/C13H20N2O2/c1-4-10-17-12-8-6-11(7-9-12)14-13(16)15(3)5-2/h6-9H,4-5,10H2,1-3H3,(H,14,16). The highest BCUT2D eigenvalue weighted by Gasteiger charge is 2.05. The van der Waals surface area contributed by atoms with E-state index in [4.69, 9.17) is 4.74 Å². The Labute approximate surface area is 103 Å². The maximum absolute atomic E-state index is 11.6. The third-order valence-corrected chi connectivity index (χ3v) is 2.40. The van der Waals surface area contributed by atoms with Crippen molar-refractivity contribution in [3.05, 3.63) is 24.3 Å². The van der Waals surface area contributed by atoms with Gasteiger partial charge in [-0.05, 0) is 37.6 Å². The lowest BCUT2D eigenvalue weighted by atomic mass is 10.3. The van der Waals surface area contributed by atoms with Crippen LogP contribution in [0.1, 0.15) is 20.3 Å². The summed E-state index contributed by atoms with van der Waals surface area (Å²) in [5, 5.41) is 2.81. The molecule has 0 spiro atoms. The van der Waals surface area contributed by atoms with Crippen LogP contribution in [-0.4, -0.2) is 31.1 Å². The lowest BCUT2D eigenvalue weighted by Crippen LogP contribution is -2.30. The maximum atomic E-state index is 11.6. The molecule has 0 saturated carbocycles. The largest absolute Gasteiger partial charge is 0.494 e. The second-order valence-corrected chi connectivity index (χ2v) is 3.82. The van der Waals surface area contributed by atoms with E-state index in [9.17, 15) is 4.79 Å². The molecule has 0 fully saturated rings. The van der Waals surface area contributed by atoms with E-state index in [1.807, 2.05) is 31.2 Å². The lowest BCUT2D eigenvalue weighted by molar-refractivity contribution is 0.224. The first kappa shape index (κ1) is 13.4. The second-order valence-electron chi connectivity index (χ2n) is 3.82. The number of benzene rings is 1. The smallest absolute Gasteiger partial charge is 0.321 e. The van der Waals surface area contributed by atoms with Crippen molar-refractivity contribution in [2.24, 2.45) is 0 Å². The number of nitrogens with one attached hydrogen (secondary N) is 1. The summed E-state index contributed by atoms with van der Waals surface area (Å²) in [4.78, 5) is 13.2. The molecule has 4 nitrogen and oxygen atoms in total. The van der Waals surface area contributed by atoms with Crippen molar-refractivity contribution in [2.45, 2.75) is 20.3 Å². The van der Waals surface area contributed by atoms with E-state index >= 15 is 0 Å². The number of hydrogen-bond acceptors (Lipinski definition) is 2. The first-order chi connectivity index (χ1) is 8.17. The van der Waals surface area contributed by atoms with E-state index in [1.54, 1.807) is 11.9 Å². The fourth-order valence-corrected chi connectivity index (χ4v) is 1.22. The number of carbonyl (C=O) groups is 1. The van der Waals surface area contributed by atoms with Gasteiger partial charge in [0.25, 0.3) is 0 Å². The minimum absolute atomic E-state index is 0.102. The van der Waals surface area contributed by atoms with Gasteiger partial charge in [0.2, 0.25) is 0 Å². The molecule has 0 heterocycles. The zero-order valence-electron chi connectivity index (χ0n) is 10.7. The molecule has 0 aliphatic heterocycles. The highest BCUT2D eigenvalue weighted by molar-refractivity contribution is 5.89. The molecular weight excluding hydrogens is 216 g/mol. The lowest BCUT2D eigenvalue weighted by Gasteiger charge is -2.15. The van der Waals surface area contributed by atoms with E-state index in [0.717, 1.165) is 17.9 Å². The minimum Gasteiger partial charge on any atom is -0.494 e. The highest BCUT2D eigenvalue weighted by atomic mass is 16.5. The summed E-state index contributed by atoms with van der Waals surface area (Å²) < 4.78 is 5.46. The van der Waals surface area contributed by atoms with Gasteiger partial charge in [-0.1, -0.05) is 6.92 Å². The van der Waals surface area contributed by atoms with Gasteiger partial charge in [0.05, 0.1) is 6.61 Å². The van der Waals surface area contributed by atoms with Crippen LogP contribution < -0.4 is 10.1 Å². The van der Waals surface area contributed by atoms with Gasteiger partial charge in [-0.3, -0.25) is 0 Å². The van der Waals surface area contributed by atoms with Gasteiger partial charge in [-0.25, -0.2) is 4.79 Å². The van der Waals surface area contributed by atoms with Crippen LogP contribution in [0.25, 0.3) is 0 Å². The zero-order valence-corrected chi connectivity index (χ0v) is 10.7. The van der Waals surface area contributed by atoms with Gasteiger partial charge in [0, 0.05) is 19.3 Å². The molecular formula is C13H20N2O2. The summed E-state index contributed by atoms with van der Waals surface area (Å²) in [5.41, 5.74) is 0.777. The third-order valence-electron chi connectivity index (χ3n) is 2.40. The maximum Gasteiger partial charge on any atom is 0.321 e. The number of nitrogens with zero attached hydrogens (tertiary/aromatic N) is 1. The number of ether oxygens (including phenoxy) is 1. The Bertz CT molecular complexity index is 349. The van der Waals surface area contributed by atoms with E-state index in [-0.39, 0.29) is 6.03 Å². The molecule has 4 heteroatoms. The molecule has 0 unspecified atom stereocenters. The number of hydrogen-bond donors (Lipinski definition) is 1. The summed E-state index contributed by atoms with van der Waals surface area (Å²) in [6, 6.07) is 7.29. The molecule has 1 rings (SSSR count). The molecule has 0 aliphatic carbocycles. The number of anilines is 1. The Hall–Kier alpha value is -1.71. The van der Waals surface area contributed by atoms with Gasteiger partial charge in [0.15, 0.2) is 0 Å². The fraction of sp³-hybridized carbons (Fsp3) is 0.462. The Kier molecular flexibility index (Phi) is 5.33. The zero-order chi connectivity index (χ0) is 12.7. The molecule has 1 aromatic rings. The molecule has 0 atom stereocenters. The van der Waals surface area contributed by atoms with E-state index in [1.165, 1.54) is 0 Å². The normalized spacial score (nSPS) is 9.82. The van der Waals surface area contributed by atoms with Crippen LogP contribution in [0.4, 0.5) is 10.5 Å². The van der Waals surface area contributed by atoms with Gasteiger partial charge < -0.3 is 15.0 Å². The van der Waals surface area contributed by atoms with Gasteiger partial charge in [-0.2, -0.15) is 0 Å². The molecule has 1 N–H and O–H groups in total. The Balaban J connectivity index is 2.53.